The molecule has 1 fully saturated rings. The van der Waals surface area contributed by atoms with Crippen LogP contribution < -0.4 is 65.9 Å². The highest BCUT2D eigenvalue weighted by atomic mass is 32.1. The minimum absolute atomic E-state index is 0.00851. The number of hydrogen-bond donors (Lipinski definition) is 15. The Bertz CT molecular complexity index is 2170. The van der Waals surface area contributed by atoms with Gasteiger partial charge in [0.05, 0.1) is 19.0 Å². The lowest BCUT2D eigenvalue weighted by molar-refractivity contribution is -0.142. The molecular formula is C43H62N14O11S. The van der Waals surface area contributed by atoms with Gasteiger partial charge in [-0.15, -0.1) is 0 Å². The summed E-state index contributed by atoms with van der Waals surface area (Å²) in [6, 6.07) is 4.95. The molecule has 0 bridgehead atoms. The number of aromatic hydroxyl groups is 1. The monoisotopic (exact) mass is 982 g/mol. The summed E-state index contributed by atoms with van der Waals surface area (Å²) in [6.45, 7) is -0.281. The van der Waals surface area contributed by atoms with Crippen LogP contribution in [0.15, 0.2) is 54.6 Å². The van der Waals surface area contributed by atoms with Crippen LogP contribution in [-0.4, -0.2) is 143 Å². The highest BCUT2D eigenvalue weighted by Gasteiger charge is 2.40. The van der Waals surface area contributed by atoms with E-state index in [1.807, 2.05) is 0 Å². The molecule has 1 aliphatic rings. The summed E-state index contributed by atoms with van der Waals surface area (Å²) in [5.74, 6) is -9.39. The standard InChI is InChI=1S/C43H62N14O11S/c44-26(18-24-10-12-25(58)13-11-24)36(62)54-29(19-23-6-2-1-3-7-23)39(65)52-28(14-15-33(45)59)38(64)55-30(20-34(46)60)40(66)56-31(22-69)42(68)57-17-5-9-32(57)41(67)53-27(8-4-16-50-43(48)49)37(63)51-21-35(47)61/h1-3,6-7,10-13,26-32,58,69H,4-5,8-9,14-22,44H2,(H2,45,59)(H2,46,60)(H2,47,61)(H,51,63)(H,52,65)(H,53,67)(H,54,62)(H,55,64)(H,56,66)(H4,48,49,50)/t26-,27-,28-,29-,30-,31-,32-/m0/s1. The molecule has 0 saturated carbocycles. The first-order valence-corrected chi connectivity index (χ1v) is 22.5. The number of thiol groups is 1. The van der Waals surface area contributed by atoms with Gasteiger partial charge in [0.15, 0.2) is 5.96 Å². The predicted molar refractivity (Wildman–Crippen MR) is 252 cm³/mol. The molecule has 3 rings (SSSR count). The van der Waals surface area contributed by atoms with Gasteiger partial charge in [0, 0.05) is 31.7 Å². The van der Waals surface area contributed by atoms with E-state index in [-0.39, 0.29) is 62.7 Å². The third kappa shape index (κ3) is 19.3. The second-order valence-electron chi connectivity index (χ2n) is 16.2. The number of hydrogen-bond acceptors (Lipinski definition) is 14. The van der Waals surface area contributed by atoms with Gasteiger partial charge >= 0.3 is 0 Å². The molecule has 0 unspecified atom stereocenters. The molecule has 10 amide bonds. The normalized spacial score (nSPS) is 15.6. The van der Waals surface area contributed by atoms with Crippen molar-refractivity contribution in [3.05, 3.63) is 65.7 Å². The Balaban J connectivity index is 1.79. The Morgan fingerprint density at radius 1 is 0.667 bits per heavy atom. The van der Waals surface area contributed by atoms with E-state index in [0.717, 1.165) is 0 Å². The number of nitrogens with one attached hydrogen (secondary N) is 8. The molecule has 2 aromatic rings. The van der Waals surface area contributed by atoms with Gasteiger partial charge in [-0.05, 0) is 61.8 Å². The quantitative estimate of drug-likeness (QED) is 0.0164. The molecule has 1 aliphatic heterocycles. The highest BCUT2D eigenvalue weighted by molar-refractivity contribution is 7.80. The van der Waals surface area contributed by atoms with E-state index in [9.17, 15) is 53.1 Å². The lowest BCUT2D eigenvalue weighted by Gasteiger charge is -2.30. The van der Waals surface area contributed by atoms with Crippen LogP contribution in [0.4, 0.5) is 0 Å². The number of guanidine groups is 1. The van der Waals surface area contributed by atoms with E-state index < -0.39 is 127 Å². The summed E-state index contributed by atoms with van der Waals surface area (Å²) >= 11 is 4.23. The van der Waals surface area contributed by atoms with E-state index in [4.69, 9.17) is 34.1 Å². The molecule has 0 aliphatic carbocycles. The maximum atomic E-state index is 14.0. The van der Waals surface area contributed by atoms with Crippen LogP contribution in [-0.2, 0) is 60.8 Å². The van der Waals surface area contributed by atoms with Gasteiger partial charge in [-0.25, -0.2) is 0 Å². The van der Waals surface area contributed by atoms with Gasteiger partial charge in [0.25, 0.3) is 0 Å². The zero-order chi connectivity index (χ0) is 51.2. The van der Waals surface area contributed by atoms with Crippen LogP contribution in [0.2, 0.25) is 0 Å². The molecule has 19 N–H and O–H groups in total. The number of benzene rings is 2. The molecule has 2 aromatic carbocycles. The van der Waals surface area contributed by atoms with Crippen molar-refractivity contribution in [2.45, 2.75) is 100 Å². The first-order valence-electron chi connectivity index (χ1n) is 21.9. The van der Waals surface area contributed by atoms with Crippen molar-refractivity contribution in [3.63, 3.8) is 0 Å². The second kappa shape index (κ2) is 28.0. The van der Waals surface area contributed by atoms with Crippen LogP contribution in [0.5, 0.6) is 5.75 Å². The largest absolute Gasteiger partial charge is 0.508 e. The summed E-state index contributed by atoms with van der Waals surface area (Å²) in [5, 5.41) is 34.3. The minimum Gasteiger partial charge on any atom is -0.508 e. The van der Waals surface area contributed by atoms with Crippen LogP contribution in [0.3, 0.4) is 0 Å². The van der Waals surface area contributed by atoms with Crippen molar-refractivity contribution in [1.82, 2.24) is 42.1 Å². The zero-order valence-corrected chi connectivity index (χ0v) is 38.6. The maximum Gasteiger partial charge on any atom is 0.246 e. The smallest absolute Gasteiger partial charge is 0.246 e. The molecule has 26 heteroatoms. The Labute approximate surface area is 402 Å². The van der Waals surface area contributed by atoms with Crippen molar-refractivity contribution >= 4 is 77.7 Å². The molecule has 69 heavy (non-hydrogen) atoms. The summed E-state index contributed by atoms with van der Waals surface area (Å²) in [5.41, 5.74) is 28.7. The van der Waals surface area contributed by atoms with Crippen LogP contribution in [0.1, 0.15) is 56.1 Å². The Morgan fingerprint density at radius 3 is 1.86 bits per heavy atom. The number of nitrogens with two attached hydrogens (primary N) is 5. The predicted octanol–water partition coefficient (Wildman–Crippen LogP) is -5.14. The van der Waals surface area contributed by atoms with Crippen LogP contribution in [0, 0.1) is 5.41 Å². The summed E-state index contributed by atoms with van der Waals surface area (Å²) < 4.78 is 0. The number of likely N-dealkylation sites (tertiary alicyclic amines) is 1. The van der Waals surface area contributed by atoms with Crippen molar-refractivity contribution in [2.75, 3.05) is 25.4 Å². The van der Waals surface area contributed by atoms with Gasteiger partial charge in [0.1, 0.15) is 42.0 Å². The summed E-state index contributed by atoms with van der Waals surface area (Å²) in [6.07, 6.45) is -0.879. The fraction of sp³-hybridized carbons (Fsp3) is 0.465. The van der Waals surface area contributed by atoms with Gasteiger partial charge in [-0.1, -0.05) is 42.5 Å². The molecule has 0 aromatic heterocycles. The molecular weight excluding hydrogens is 921 g/mol. The van der Waals surface area contributed by atoms with Crippen LogP contribution >= 0.6 is 12.6 Å². The molecule has 0 spiro atoms. The first-order chi connectivity index (χ1) is 32.7. The molecule has 25 nitrogen and oxygen atoms in total. The fourth-order valence-corrected chi connectivity index (χ4v) is 7.40. The Morgan fingerprint density at radius 2 is 1.25 bits per heavy atom. The number of amides is 10. The van der Waals surface area contributed by atoms with Crippen LogP contribution in [0.25, 0.3) is 0 Å². The second-order valence-corrected chi connectivity index (χ2v) is 16.6. The Hall–Kier alpha value is -7.48. The number of carbonyl (C=O) groups is 10. The van der Waals surface area contributed by atoms with E-state index in [0.29, 0.717) is 17.5 Å². The molecule has 7 atom stereocenters. The van der Waals surface area contributed by atoms with Crippen molar-refractivity contribution in [3.8, 4) is 5.75 Å². The molecule has 1 heterocycles. The van der Waals surface area contributed by atoms with Crippen molar-refractivity contribution in [1.29, 1.82) is 5.41 Å². The van der Waals surface area contributed by atoms with Gasteiger partial charge in [-0.3, -0.25) is 53.4 Å². The maximum absolute atomic E-state index is 14.0. The average molecular weight is 983 g/mol. The fourth-order valence-electron chi connectivity index (χ4n) is 7.15. The molecule has 0 radical (unpaired) electrons. The summed E-state index contributed by atoms with van der Waals surface area (Å²) in [4.78, 5) is 132. The number of primary amides is 3. The zero-order valence-electron chi connectivity index (χ0n) is 37.7. The topological polar surface area (TPSA) is 432 Å². The SMILES string of the molecule is N=C(N)NCCC[C@H](NC(=O)[C@@H]1CCCN1C(=O)[C@H](CS)NC(=O)[C@H](CC(N)=O)NC(=O)[C@H](CCC(N)=O)NC(=O)[C@H](Cc1ccccc1)NC(=O)[C@@H](N)Cc1ccc(O)cc1)C(=O)NCC(N)=O. The average Bonchev–Trinajstić information content (AvgIpc) is 3.80. The van der Waals surface area contributed by atoms with Gasteiger partial charge < -0.3 is 75.9 Å². The van der Waals surface area contributed by atoms with Crippen molar-refractivity contribution in [2.24, 2.45) is 28.7 Å². The first kappa shape index (κ1) is 55.8. The van der Waals surface area contributed by atoms with E-state index in [2.05, 4.69) is 49.8 Å². The van der Waals surface area contributed by atoms with E-state index in [1.54, 1.807) is 42.5 Å². The number of nitrogens with zero attached hydrogens (tertiary/aromatic N) is 1. The Kier molecular flexibility index (Phi) is 22.7. The number of phenolic OH excluding ortho intramolecular Hbond substituents is 1. The third-order valence-electron chi connectivity index (χ3n) is 10.7. The van der Waals surface area contributed by atoms with E-state index in [1.165, 1.54) is 17.0 Å². The lowest BCUT2D eigenvalue weighted by Crippen LogP contribution is -2.60. The third-order valence-corrected chi connectivity index (χ3v) is 11.1. The van der Waals surface area contributed by atoms with Crippen molar-refractivity contribution < 1.29 is 53.1 Å². The number of rotatable bonds is 28. The minimum atomic E-state index is -1.76. The summed E-state index contributed by atoms with van der Waals surface area (Å²) in [7, 11) is 0. The molecule has 1 saturated heterocycles. The number of carbonyl (C=O) groups excluding carboxylic acids is 10. The van der Waals surface area contributed by atoms with Gasteiger partial charge in [-0.2, -0.15) is 12.6 Å². The van der Waals surface area contributed by atoms with E-state index >= 15 is 0 Å². The number of phenols is 1. The molecule has 376 valence electrons. The highest BCUT2D eigenvalue weighted by Crippen LogP contribution is 2.20. The van der Waals surface area contributed by atoms with Gasteiger partial charge in [0.2, 0.25) is 59.1 Å². The lowest BCUT2D eigenvalue weighted by atomic mass is 10.0.